The average molecular weight is 301 g/mol. The first kappa shape index (κ1) is 16.0. The van der Waals surface area contributed by atoms with Crippen molar-refractivity contribution in [2.45, 2.75) is 12.5 Å². The summed E-state index contributed by atoms with van der Waals surface area (Å²) in [6.07, 6.45) is 0.364. The molecule has 1 amide bonds. The Hall–Kier alpha value is -2.40. The smallest absolute Gasteiger partial charge is 0.328 e. The molecule has 1 N–H and O–H groups in total. The van der Waals surface area contributed by atoms with Gasteiger partial charge in [0.25, 0.3) is 5.91 Å². The van der Waals surface area contributed by atoms with Gasteiger partial charge in [0.1, 0.15) is 6.04 Å². The lowest BCUT2D eigenvalue weighted by Crippen LogP contribution is -2.42. The highest BCUT2D eigenvalue weighted by molar-refractivity contribution is 6.00. The molecular weight excluding hydrogens is 282 g/mol. The topological polar surface area (TPSA) is 64.6 Å². The number of fused-ring (bicyclic) bond motifs is 1. The molecule has 116 valence electrons. The van der Waals surface area contributed by atoms with E-state index in [4.69, 9.17) is 9.47 Å². The third-order valence-corrected chi connectivity index (χ3v) is 3.41. The Morgan fingerprint density at radius 3 is 2.50 bits per heavy atom. The van der Waals surface area contributed by atoms with Gasteiger partial charge in [0, 0.05) is 25.7 Å². The van der Waals surface area contributed by atoms with E-state index in [1.54, 1.807) is 19.2 Å². The molecule has 0 saturated carbocycles. The molecule has 0 heterocycles. The van der Waals surface area contributed by atoms with Crippen LogP contribution in [0.4, 0.5) is 0 Å². The van der Waals surface area contributed by atoms with Gasteiger partial charge in [0.2, 0.25) is 0 Å². The monoisotopic (exact) mass is 301 g/mol. The number of ether oxygens (including phenoxy) is 2. The van der Waals surface area contributed by atoms with Gasteiger partial charge in [0.05, 0.1) is 7.11 Å². The third-order valence-electron chi connectivity index (χ3n) is 3.41. The normalized spacial score (nSPS) is 11.9. The van der Waals surface area contributed by atoms with Crippen molar-refractivity contribution in [3.8, 4) is 0 Å². The van der Waals surface area contributed by atoms with Crippen LogP contribution in [-0.4, -0.2) is 38.7 Å². The highest BCUT2D eigenvalue weighted by atomic mass is 16.5. The van der Waals surface area contributed by atoms with E-state index in [-0.39, 0.29) is 5.91 Å². The standard InChI is InChI=1S/C17H19NO4/c1-21-10-9-15(17(20)22-2)18-16(19)14-8-7-12-5-3-4-6-13(12)11-14/h3-8,11,15H,9-10H2,1-2H3,(H,18,19)/t15-/m1/s1. The van der Waals surface area contributed by atoms with Gasteiger partial charge in [-0.15, -0.1) is 0 Å². The third kappa shape index (κ3) is 3.83. The Morgan fingerprint density at radius 1 is 1.09 bits per heavy atom. The summed E-state index contributed by atoms with van der Waals surface area (Å²) >= 11 is 0. The number of carbonyl (C=O) groups excluding carboxylic acids is 2. The van der Waals surface area contributed by atoms with E-state index in [0.717, 1.165) is 10.8 Å². The van der Waals surface area contributed by atoms with Crippen LogP contribution in [0.15, 0.2) is 42.5 Å². The SMILES string of the molecule is COCC[C@@H](NC(=O)c1ccc2ccccc2c1)C(=O)OC. The van der Waals surface area contributed by atoms with Crippen LogP contribution in [0.1, 0.15) is 16.8 Å². The summed E-state index contributed by atoms with van der Waals surface area (Å²) in [5, 5.41) is 4.72. The molecule has 2 aromatic rings. The number of rotatable bonds is 6. The predicted molar refractivity (Wildman–Crippen MR) is 83.7 cm³/mol. The second-order valence-electron chi connectivity index (χ2n) is 4.89. The van der Waals surface area contributed by atoms with Crippen molar-refractivity contribution in [3.63, 3.8) is 0 Å². The van der Waals surface area contributed by atoms with E-state index in [1.165, 1.54) is 7.11 Å². The quantitative estimate of drug-likeness (QED) is 0.830. The van der Waals surface area contributed by atoms with Gasteiger partial charge < -0.3 is 14.8 Å². The average Bonchev–Trinajstić information content (AvgIpc) is 2.57. The number of benzene rings is 2. The maximum Gasteiger partial charge on any atom is 0.328 e. The van der Waals surface area contributed by atoms with Crippen LogP contribution >= 0.6 is 0 Å². The van der Waals surface area contributed by atoms with Gasteiger partial charge in [0.15, 0.2) is 0 Å². The van der Waals surface area contributed by atoms with Crippen molar-refractivity contribution in [1.82, 2.24) is 5.32 Å². The maximum atomic E-state index is 12.3. The highest BCUT2D eigenvalue weighted by Gasteiger charge is 2.21. The van der Waals surface area contributed by atoms with E-state index in [2.05, 4.69) is 5.32 Å². The van der Waals surface area contributed by atoms with E-state index in [9.17, 15) is 9.59 Å². The summed E-state index contributed by atoms with van der Waals surface area (Å²) in [5.74, 6) is -0.788. The van der Waals surface area contributed by atoms with Gasteiger partial charge in [-0.2, -0.15) is 0 Å². The number of nitrogens with one attached hydrogen (secondary N) is 1. The molecule has 2 rings (SSSR count). The first-order valence-electron chi connectivity index (χ1n) is 7.02. The van der Waals surface area contributed by atoms with Crippen LogP contribution in [0.5, 0.6) is 0 Å². The molecule has 0 fully saturated rings. The Kier molecular flexibility index (Phi) is 5.49. The molecule has 0 aromatic heterocycles. The van der Waals surface area contributed by atoms with E-state index < -0.39 is 12.0 Å². The van der Waals surface area contributed by atoms with Crippen molar-refractivity contribution in [3.05, 3.63) is 48.0 Å². The Labute approximate surface area is 129 Å². The minimum Gasteiger partial charge on any atom is -0.467 e. The minimum absolute atomic E-state index is 0.308. The number of esters is 1. The molecule has 0 saturated heterocycles. The number of hydrogen-bond acceptors (Lipinski definition) is 4. The van der Waals surface area contributed by atoms with E-state index in [1.807, 2.05) is 30.3 Å². The van der Waals surface area contributed by atoms with Crippen LogP contribution in [0.3, 0.4) is 0 Å². The van der Waals surface area contributed by atoms with Gasteiger partial charge in [-0.3, -0.25) is 4.79 Å². The summed E-state index contributed by atoms with van der Waals surface area (Å²) in [6.45, 7) is 0.359. The van der Waals surface area contributed by atoms with Crippen LogP contribution in [0.25, 0.3) is 10.8 Å². The summed E-state index contributed by atoms with van der Waals surface area (Å²) in [6, 6.07) is 12.5. The first-order valence-corrected chi connectivity index (χ1v) is 7.02. The highest BCUT2D eigenvalue weighted by Crippen LogP contribution is 2.15. The molecule has 2 aromatic carbocycles. The van der Waals surface area contributed by atoms with Crippen LogP contribution < -0.4 is 5.32 Å². The maximum absolute atomic E-state index is 12.3. The molecule has 0 radical (unpaired) electrons. The first-order chi connectivity index (χ1) is 10.7. The largest absolute Gasteiger partial charge is 0.467 e. The van der Waals surface area contributed by atoms with Crippen molar-refractivity contribution < 1.29 is 19.1 Å². The Balaban J connectivity index is 2.15. The van der Waals surface area contributed by atoms with Gasteiger partial charge in [-0.05, 0) is 22.9 Å². The zero-order valence-corrected chi connectivity index (χ0v) is 12.7. The Bertz CT molecular complexity index is 669. The second kappa shape index (κ2) is 7.56. The molecule has 0 bridgehead atoms. The van der Waals surface area contributed by atoms with Gasteiger partial charge in [-0.25, -0.2) is 4.79 Å². The molecular formula is C17H19NO4. The molecule has 5 nitrogen and oxygen atoms in total. The second-order valence-corrected chi connectivity index (χ2v) is 4.89. The van der Waals surface area contributed by atoms with Crippen LogP contribution in [0.2, 0.25) is 0 Å². The zero-order valence-electron chi connectivity index (χ0n) is 12.7. The van der Waals surface area contributed by atoms with Crippen molar-refractivity contribution in [2.24, 2.45) is 0 Å². The fourth-order valence-corrected chi connectivity index (χ4v) is 2.20. The molecule has 0 unspecified atom stereocenters. The van der Waals surface area contributed by atoms with Crippen LogP contribution in [0, 0.1) is 0 Å². The molecule has 0 spiro atoms. The van der Waals surface area contributed by atoms with Crippen LogP contribution in [-0.2, 0) is 14.3 Å². The predicted octanol–water partition coefficient (Wildman–Crippen LogP) is 2.15. The molecule has 0 aliphatic rings. The lowest BCUT2D eigenvalue weighted by Gasteiger charge is -2.16. The van der Waals surface area contributed by atoms with Crippen molar-refractivity contribution in [1.29, 1.82) is 0 Å². The number of amides is 1. The number of hydrogen-bond donors (Lipinski definition) is 1. The summed E-state index contributed by atoms with van der Waals surface area (Å²) in [4.78, 5) is 24.0. The fraction of sp³-hybridized carbons (Fsp3) is 0.294. The van der Waals surface area contributed by atoms with Gasteiger partial charge >= 0.3 is 5.97 Å². The van der Waals surface area contributed by atoms with E-state index >= 15 is 0 Å². The molecule has 0 aliphatic carbocycles. The fourth-order valence-electron chi connectivity index (χ4n) is 2.20. The minimum atomic E-state index is -0.719. The summed E-state index contributed by atoms with van der Waals surface area (Å²) < 4.78 is 9.66. The van der Waals surface area contributed by atoms with Gasteiger partial charge in [-0.1, -0.05) is 30.3 Å². The summed E-state index contributed by atoms with van der Waals surface area (Å²) in [7, 11) is 2.84. The molecule has 1 atom stereocenters. The lowest BCUT2D eigenvalue weighted by atomic mass is 10.1. The molecule has 22 heavy (non-hydrogen) atoms. The van der Waals surface area contributed by atoms with Crippen molar-refractivity contribution in [2.75, 3.05) is 20.8 Å². The lowest BCUT2D eigenvalue weighted by molar-refractivity contribution is -0.143. The number of carbonyl (C=O) groups is 2. The zero-order chi connectivity index (χ0) is 15.9. The summed E-state index contributed by atoms with van der Waals surface area (Å²) in [5.41, 5.74) is 0.505. The van der Waals surface area contributed by atoms with E-state index in [0.29, 0.717) is 18.6 Å². The van der Waals surface area contributed by atoms with Crippen molar-refractivity contribution >= 4 is 22.6 Å². The Morgan fingerprint density at radius 2 is 1.82 bits per heavy atom. The molecule has 5 heteroatoms. The number of methoxy groups -OCH3 is 2. The molecule has 0 aliphatic heterocycles.